The second kappa shape index (κ2) is 3.41. The average molecular weight is 129 g/mol. The lowest BCUT2D eigenvalue weighted by Gasteiger charge is -1.84. The highest BCUT2D eigenvalue weighted by Crippen LogP contribution is 1.94. The molecule has 0 amide bonds. The molecule has 0 fully saturated rings. The number of rotatable bonds is 1. The molecular weight excluding hydrogens is 124 g/mol. The van der Waals surface area contributed by atoms with Crippen LogP contribution in [0.4, 0.5) is 0 Å². The third kappa shape index (κ3) is 1.71. The first kappa shape index (κ1) is 6.50. The molecular formula is C8H5N2. The van der Waals surface area contributed by atoms with E-state index in [4.69, 9.17) is 5.26 Å². The minimum absolute atomic E-state index is 0.872. The molecule has 0 bridgehead atoms. The highest BCUT2D eigenvalue weighted by atomic mass is 14.6. The van der Waals surface area contributed by atoms with E-state index in [1.165, 1.54) is 6.08 Å². The molecule has 1 aromatic rings. The average Bonchev–Trinajstić information content (AvgIpc) is 2.03. The fraction of sp³-hybridized carbons (Fsp3) is 0. The van der Waals surface area contributed by atoms with Gasteiger partial charge in [0.2, 0.25) is 0 Å². The lowest BCUT2D eigenvalue weighted by Crippen LogP contribution is -1.72. The van der Waals surface area contributed by atoms with Crippen molar-refractivity contribution < 1.29 is 0 Å². The number of nitrogens with zero attached hydrogens (tertiary/aromatic N) is 2. The lowest BCUT2D eigenvalue weighted by atomic mass is 10.2. The molecule has 1 aromatic heterocycles. The third-order valence-corrected chi connectivity index (χ3v) is 0.984. The Hall–Kier alpha value is -1.62. The van der Waals surface area contributed by atoms with Gasteiger partial charge in [-0.1, -0.05) is 0 Å². The van der Waals surface area contributed by atoms with E-state index in [0.29, 0.717) is 0 Å². The van der Waals surface area contributed by atoms with Crippen LogP contribution in [-0.4, -0.2) is 4.98 Å². The van der Waals surface area contributed by atoms with Gasteiger partial charge in [-0.25, -0.2) is 0 Å². The maximum Gasteiger partial charge on any atom is 0.0918 e. The number of hydrogen-bond donors (Lipinski definition) is 0. The molecule has 1 rings (SSSR count). The van der Waals surface area contributed by atoms with Gasteiger partial charge in [0.1, 0.15) is 0 Å². The summed E-state index contributed by atoms with van der Waals surface area (Å²) in [6.45, 7) is 0. The fourth-order valence-electron chi connectivity index (χ4n) is 0.564. The minimum Gasteiger partial charge on any atom is -0.265 e. The van der Waals surface area contributed by atoms with E-state index in [1.54, 1.807) is 24.5 Å². The van der Waals surface area contributed by atoms with Gasteiger partial charge in [0, 0.05) is 24.5 Å². The molecule has 0 aliphatic rings. The van der Waals surface area contributed by atoms with Gasteiger partial charge in [-0.05, 0) is 17.7 Å². The second-order valence-electron chi connectivity index (χ2n) is 1.65. The van der Waals surface area contributed by atoms with Crippen molar-refractivity contribution in [2.75, 3.05) is 0 Å². The number of aromatic nitrogens is 1. The van der Waals surface area contributed by atoms with Crippen LogP contribution in [0, 0.1) is 17.4 Å². The molecule has 47 valence electrons. The Morgan fingerprint density at radius 3 is 2.70 bits per heavy atom. The minimum atomic E-state index is 0.872. The number of pyridine rings is 1. The smallest absolute Gasteiger partial charge is 0.0918 e. The van der Waals surface area contributed by atoms with Gasteiger partial charge in [-0.3, -0.25) is 4.98 Å². The van der Waals surface area contributed by atoms with E-state index in [1.807, 2.05) is 6.07 Å². The van der Waals surface area contributed by atoms with E-state index >= 15 is 0 Å². The zero-order valence-electron chi connectivity index (χ0n) is 5.28. The van der Waals surface area contributed by atoms with Gasteiger partial charge in [-0.2, -0.15) is 5.26 Å². The van der Waals surface area contributed by atoms with Gasteiger partial charge < -0.3 is 0 Å². The molecule has 1 heterocycles. The van der Waals surface area contributed by atoms with Gasteiger partial charge in [0.15, 0.2) is 0 Å². The zero-order valence-corrected chi connectivity index (χ0v) is 5.28. The van der Waals surface area contributed by atoms with Crippen LogP contribution in [0.1, 0.15) is 5.56 Å². The first-order valence-corrected chi connectivity index (χ1v) is 2.81. The summed E-state index contributed by atoms with van der Waals surface area (Å²) in [7, 11) is 0. The van der Waals surface area contributed by atoms with Crippen molar-refractivity contribution in [3.63, 3.8) is 0 Å². The Kier molecular flexibility index (Phi) is 2.22. The molecule has 0 spiro atoms. The van der Waals surface area contributed by atoms with Crippen molar-refractivity contribution in [3.05, 3.63) is 42.2 Å². The maximum absolute atomic E-state index is 8.14. The number of allylic oxidation sites excluding steroid dienone is 1. The SMILES string of the molecule is N#CC=[C]c1ccncc1. The summed E-state index contributed by atoms with van der Waals surface area (Å²) in [6, 6.07) is 5.43. The molecule has 0 saturated carbocycles. The van der Waals surface area contributed by atoms with Crippen molar-refractivity contribution in [1.82, 2.24) is 4.98 Å². The molecule has 10 heavy (non-hydrogen) atoms. The van der Waals surface area contributed by atoms with E-state index in [9.17, 15) is 0 Å². The standard InChI is InChI=1S/C8H5N2/c9-5-1-2-8-3-6-10-7-4-8/h1,3-4,6-7H. The Bertz CT molecular complexity index is 256. The quantitative estimate of drug-likeness (QED) is 0.536. The first-order valence-electron chi connectivity index (χ1n) is 2.81. The molecule has 0 N–H and O–H groups in total. The highest BCUT2D eigenvalue weighted by molar-refractivity contribution is 5.21. The van der Waals surface area contributed by atoms with Gasteiger partial charge in [0.25, 0.3) is 0 Å². The molecule has 1 radical (unpaired) electrons. The van der Waals surface area contributed by atoms with Crippen molar-refractivity contribution in [1.29, 1.82) is 5.26 Å². The van der Waals surface area contributed by atoms with Crippen LogP contribution >= 0.6 is 0 Å². The summed E-state index contributed by atoms with van der Waals surface area (Å²) in [5.41, 5.74) is 0.872. The molecule has 0 unspecified atom stereocenters. The van der Waals surface area contributed by atoms with Crippen LogP contribution in [0.15, 0.2) is 30.6 Å². The predicted octanol–water partition coefficient (Wildman–Crippen LogP) is 1.31. The van der Waals surface area contributed by atoms with Crippen LogP contribution < -0.4 is 0 Å². The van der Waals surface area contributed by atoms with E-state index in [0.717, 1.165) is 5.56 Å². The van der Waals surface area contributed by atoms with E-state index in [2.05, 4.69) is 11.1 Å². The topological polar surface area (TPSA) is 36.7 Å². The number of nitriles is 1. The summed E-state index contributed by atoms with van der Waals surface area (Å²) in [5, 5.41) is 8.14. The predicted molar refractivity (Wildman–Crippen MR) is 36.8 cm³/mol. The molecule has 2 nitrogen and oxygen atoms in total. The summed E-state index contributed by atoms with van der Waals surface area (Å²) < 4.78 is 0. The number of hydrogen-bond acceptors (Lipinski definition) is 2. The molecule has 0 atom stereocenters. The zero-order chi connectivity index (χ0) is 7.23. The molecule has 2 heteroatoms. The lowest BCUT2D eigenvalue weighted by molar-refractivity contribution is 1.31. The molecule has 0 aliphatic heterocycles. The van der Waals surface area contributed by atoms with Crippen LogP contribution in [0.25, 0.3) is 0 Å². The highest BCUT2D eigenvalue weighted by Gasteiger charge is 1.80. The summed E-state index contributed by atoms with van der Waals surface area (Å²) >= 11 is 0. The van der Waals surface area contributed by atoms with E-state index < -0.39 is 0 Å². The Balaban J connectivity index is 2.79. The Morgan fingerprint density at radius 1 is 1.40 bits per heavy atom. The van der Waals surface area contributed by atoms with Crippen LogP contribution in [0.2, 0.25) is 0 Å². The molecule has 0 aromatic carbocycles. The fourth-order valence-corrected chi connectivity index (χ4v) is 0.564. The van der Waals surface area contributed by atoms with Crippen molar-refractivity contribution >= 4 is 0 Å². The second-order valence-corrected chi connectivity index (χ2v) is 1.65. The van der Waals surface area contributed by atoms with Crippen molar-refractivity contribution in [2.45, 2.75) is 0 Å². The Labute approximate surface area is 59.4 Å². The van der Waals surface area contributed by atoms with Crippen LogP contribution in [-0.2, 0) is 0 Å². The first-order chi connectivity index (χ1) is 4.93. The van der Waals surface area contributed by atoms with Gasteiger partial charge in [0.05, 0.1) is 6.07 Å². The third-order valence-electron chi connectivity index (χ3n) is 0.984. The maximum atomic E-state index is 8.14. The van der Waals surface area contributed by atoms with Gasteiger partial charge in [-0.15, -0.1) is 0 Å². The Morgan fingerprint density at radius 2 is 2.10 bits per heavy atom. The van der Waals surface area contributed by atoms with E-state index in [-0.39, 0.29) is 0 Å². The van der Waals surface area contributed by atoms with Crippen molar-refractivity contribution in [2.24, 2.45) is 0 Å². The largest absolute Gasteiger partial charge is 0.265 e. The summed E-state index contributed by atoms with van der Waals surface area (Å²) in [4.78, 5) is 3.82. The molecule has 0 saturated heterocycles. The normalized spacial score (nSPS) is 9.50. The molecule has 0 aliphatic carbocycles. The monoisotopic (exact) mass is 129 g/mol. The van der Waals surface area contributed by atoms with Crippen LogP contribution in [0.5, 0.6) is 0 Å². The van der Waals surface area contributed by atoms with Crippen molar-refractivity contribution in [3.8, 4) is 6.07 Å². The summed E-state index contributed by atoms with van der Waals surface area (Å²) in [6.07, 6.45) is 7.40. The summed E-state index contributed by atoms with van der Waals surface area (Å²) in [5.74, 6) is 0. The van der Waals surface area contributed by atoms with Crippen LogP contribution in [0.3, 0.4) is 0 Å². The van der Waals surface area contributed by atoms with Gasteiger partial charge >= 0.3 is 0 Å².